The fourth-order valence-electron chi connectivity index (χ4n) is 5.35. The van der Waals surface area contributed by atoms with Crippen molar-refractivity contribution in [1.29, 1.82) is 0 Å². The number of para-hydroxylation sites is 2. The summed E-state index contributed by atoms with van der Waals surface area (Å²) >= 11 is 0. The van der Waals surface area contributed by atoms with Crippen LogP contribution < -0.4 is 33.2 Å². The van der Waals surface area contributed by atoms with Crippen LogP contribution in [0.3, 0.4) is 0 Å². The number of nitrogens with one attached hydrogen (secondary N) is 5. The number of unbranched alkanes of at least 4 members (excludes halogenated alkanes) is 1. The number of fused-ring (bicyclic) bond motifs is 2. The number of aromatic nitrogens is 2. The van der Waals surface area contributed by atoms with Crippen LogP contribution in [0.15, 0.2) is 60.9 Å². The minimum atomic E-state index is -1.50. The van der Waals surface area contributed by atoms with Gasteiger partial charge in [-0.2, -0.15) is 0 Å². The molecule has 2 aromatic carbocycles. The molecule has 0 spiro atoms. The fraction of sp³-hybridized carbons (Fsp3) is 0.344. The Morgan fingerprint density at radius 3 is 1.80 bits per heavy atom. The van der Waals surface area contributed by atoms with E-state index in [1.807, 2.05) is 48.5 Å². The first-order valence-corrected chi connectivity index (χ1v) is 15.0. The molecule has 14 heteroatoms. The third-order valence-electron chi connectivity index (χ3n) is 7.78. The van der Waals surface area contributed by atoms with Crippen molar-refractivity contribution < 1.29 is 29.1 Å². The summed E-state index contributed by atoms with van der Waals surface area (Å²) in [6, 6.07) is 9.91. The summed E-state index contributed by atoms with van der Waals surface area (Å²) in [5.41, 5.74) is 20.4. The topological polar surface area (TPSA) is 251 Å². The molecule has 0 bridgehead atoms. The Bertz CT molecular complexity index is 1700. The first-order chi connectivity index (χ1) is 22.1. The van der Waals surface area contributed by atoms with E-state index >= 15 is 0 Å². The third kappa shape index (κ3) is 8.70. The summed E-state index contributed by atoms with van der Waals surface area (Å²) in [5, 5.41) is 19.2. The quantitative estimate of drug-likeness (QED) is 0.0731. The van der Waals surface area contributed by atoms with Gasteiger partial charge in [-0.25, -0.2) is 4.79 Å². The van der Waals surface area contributed by atoms with Gasteiger partial charge < -0.3 is 48.2 Å². The van der Waals surface area contributed by atoms with Gasteiger partial charge in [-0.1, -0.05) is 36.4 Å². The lowest BCUT2D eigenvalue weighted by atomic mass is 10.0. The Kier molecular flexibility index (Phi) is 11.5. The number of carboxylic acids is 1. The van der Waals surface area contributed by atoms with Crippen LogP contribution in [-0.2, 0) is 36.8 Å². The van der Waals surface area contributed by atoms with Crippen LogP contribution in [0.1, 0.15) is 36.8 Å². The molecule has 0 saturated heterocycles. The van der Waals surface area contributed by atoms with Gasteiger partial charge in [-0.05, 0) is 55.5 Å². The average Bonchev–Trinajstić information content (AvgIpc) is 3.63. The van der Waals surface area contributed by atoms with Crippen molar-refractivity contribution in [3.05, 3.63) is 72.1 Å². The number of rotatable bonds is 17. The first-order valence-electron chi connectivity index (χ1n) is 15.0. The molecule has 2 aromatic heterocycles. The van der Waals surface area contributed by atoms with Crippen molar-refractivity contribution >= 4 is 51.4 Å². The van der Waals surface area contributed by atoms with Crippen molar-refractivity contribution in [3.63, 3.8) is 0 Å². The molecule has 14 nitrogen and oxygen atoms in total. The number of aliphatic carboxylic acids is 1. The van der Waals surface area contributed by atoms with Gasteiger partial charge in [-0.15, -0.1) is 0 Å². The standard InChI is InChI=1S/C32H40N8O6/c33-12-6-5-11-25(38-29(42)22(34)13-18-16-36-23-9-3-1-7-20(18)23)30(43)39-26(15-28(35)41)31(44)40-27(32(45)46)14-19-17-37-24-10-4-2-8-21(19)24/h1-4,7-10,16-17,22,25-27,36-37H,5-6,11-15,33-34H2,(H2,35,41)(H,38,42)(H,39,43)(H,40,44)(H,45,46). The van der Waals surface area contributed by atoms with Crippen LogP contribution in [0.2, 0.25) is 0 Å². The number of aromatic amines is 2. The average molecular weight is 633 g/mol. The lowest BCUT2D eigenvalue weighted by molar-refractivity contribution is -0.142. The third-order valence-corrected chi connectivity index (χ3v) is 7.78. The van der Waals surface area contributed by atoms with Crippen LogP contribution in [0.25, 0.3) is 21.8 Å². The highest BCUT2D eigenvalue weighted by Crippen LogP contribution is 2.20. The van der Waals surface area contributed by atoms with E-state index in [0.717, 1.165) is 27.4 Å². The summed E-state index contributed by atoms with van der Waals surface area (Å²) in [4.78, 5) is 70.1. The lowest BCUT2D eigenvalue weighted by Crippen LogP contribution is -2.58. The zero-order valence-corrected chi connectivity index (χ0v) is 25.3. The van der Waals surface area contributed by atoms with E-state index < -0.39 is 60.2 Å². The van der Waals surface area contributed by atoms with Gasteiger partial charge in [0.15, 0.2) is 0 Å². The molecule has 2 heterocycles. The molecule has 0 aliphatic rings. The second kappa shape index (κ2) is 15.7. The normalized spacial score (nSPS) is 13.9. The van der Waals surface area contributed by atoms with E-state index in [1.165, 1.54) is 0 Å². The molecular weight excluding hydrogens is 592 g/mol. The second-order valence-electron chi connectivity index (χ2n) is 11.2. The number of hydrogen-bond acceptors (Lipinski definition) is 7. The molecule has 0 fully saturated rings. The molecule has 0 aliphatic carbocycles. The number of primary amides is 1. The summed E-state index contributed by atoms with van der Waals surface area (Å²) < 4.78 is 0. The predicted octanol–water partition coefficient (Wildman–Crippen LogP) is 0.305. The van der Waals surface area contributed by atoms with Gasteiger partial charge in [0.25, 0.3) is 0 Å². The Morgan fingerprint density at radius 2 is 1.24 bits per heavy atom. The van der Waals surface area contributed by atoms with Crippen LogP contribution in [0, 0.1) is 0 Å². The smallest absolute Gasteiger partial charge is 0.326 e. The molecule has 244 valence electrons. The Balaban J connectivity index is 1.45. The number of H-pyrrole nitrogens is 2. The number of amides is 4. The van der Waals surface area contributed by atoms with Gasteiger partial charge in [0.2, 0.25) is 23.6 Å². The maximum absolute atomic E-state index is 13.5. The number of benzene rings is 2. The predicted molar refractivity (Wildman–Crippen MR) is 172 cm³/mol. The highest BCUT2D eigenvalue weighted by Gasteiger charge is 2.31. The molecular formula is C32H40N8O6. The molecule has 0 aliphatic heterocycles. The number of carbonyl (C=O) groups is 5. The first kappa shape index (κ1) is 33.7. The summed E-state index contributed by atoms with van der Waals surface area (Å²) in [5.74, 6) is -4.46. The SMILES string of the molecule is NCCCCC(NC(=O)C(N)Cc1c[nH]c2ccccc12)C(=O)NC(CC(N)=O)C(=O)NC(Cc1c[nH]c2ccccc12)C(=O)O. The Morgan fingerprint density at radius 1 is 0.717 bits per heavy atom. The number of carboxylic acid groups (broad SMARTS) is 1. The molecule has 4 atom stereocenters. The van der Waals surface area contributed by atoms with Gasteiger partial charge in [0.1, 0.15) is 18.1 Å². The zero-order chi connectivity index (χ0) is 33.2. The van der Waals surface area contributed by atoms with Crippen molar-refractivity contribution in [1.82, 2.24) is 25.9 Å². The van der Waals surface area contributed by atoms with Gasteiger partial charge in [0, 0.05) is 40.6 Å². The molecule has 12 N–H and O–H groups in total. The molecule has 4 rings (SSSR count). The molecule has 4 aromatic rings. The van der Waals surface area contributed by atoms with Gasteiger partial charge in [-0.3, -0.25) is 19.2 Å². The lowest BCUT2D eigenvalue weighted by Gasteiger charge is -2.25. The van der Waals surface area contributed by atoms with E-state index in [2.05, 4.69) is 25.9 Å². The maximum atomic E-state index is 13.5. The molecule has 46 heavy (non-hydrogen) atoms. The second-order valence-corrected chi connectivity index (χ2v) is 11.2. The van der Waals surface area contributed by atoms with Crippen molar-refractivity contribution in [2.75, 3.05) is 6.54 Å². The fourth-order valence-corrected chi connectivity index (χ4v) is 5.35. The Labute approximate surface area is 264 Å². The number of hydrogen-bond donors (Lipinski definition) is 9. The summed E-state index contributed by atoms with van der Waals surface area (Å²) in [7, 11) is 0. The van der Waals surface area contributed by atoms with Crippen LogP contribution in [0.4, 0.5) is 0 Å². The zero-order valence-electron chi connectivity index (χ0n) is 25.3. The van der Waals surface area contributed by atoms with Crippen molar-refractivity contribution in [2.45, 2.75) is 62.7 Å². The Hall–Kier alpha value is -5.21. The van der Waals surface area contributed by atoms with Crippen LogP contribution in [-0.4, -0.2) is 75.4 Å². The molecule has 4 unspecified atom stereocenters. The highest BCUT2D eigenvalue weighted by molar-refractivity contribution is 5.96. The monoisotopic (exact) mass is 632 g/mol. The number of nitrogens with two attached hydrogens (primary N) is 3. The van der Waals surface area contributed by atoms with Crippen molar-refractivity contribution in [3.8, 4) is 0 Å². The maximum Gasteiger partial charge on any atom is 0.326 e. The minimum Gasteiger partial charge on any atom is -0.480 e. The van der Waals surface area contributed by atoms with Gasteiger partial charge in [0.05, 0.1) is 12.5 Å². The minimum absolute atomic E-state index is 0.0611. The van der Waals surface area contributed by atoms with Crippen LogP contribution >= 0.6 is 0 Å². The van der Waals surface area contributed by atoms with E-state index in [0.29, 0.717) is 24.9 Å². The van der Waals surface area contributed by atoms with Gasteiger partial charge >= 0.3 is 5.97 Å². The van der Waals surface area contributed by atoms with E-state index in [9.17, 15) is 29.1 Å². The van der Waals surface area contributed by atoms with Crippen LogP contribution in [0.5, 0.6) is 0 Å². The van der Waals surface area contributed by atoms with E-state index in [1.54, 1.807) is 12.4 Å². The molecule has 0 saturated carbocycles. The molecule has 0 radical (unpaired) electrons. The van der Waals surface area contributed by atoms with E-state index in [4.69, 9.17) is 17.2 Å². The van der Waals surface area contributed by atoms with E-state index in [-0.39, 0.29) is 19.3 Å². The molecule has 4 amide bonds. The van der Waals surface area contributed by atoms with Crippen molar-refractivity contribution in [2.24, 2.45) is 17.2 Å². The summed E-state index contributed by atoms with van der Waals surface area (Å²) in [6.45, 7) is 0.363. The highest BCUT2D eigenvalue weighted by atomic mass is 16.4. The number of carbonyl (C=O) groups excluding carboxylic acids is 4. The summed E-state index contributed by atoms with van der Waals surface area (Å²) in [6.07, 6.45) is 4.21. The largest absolute Gasteiger partial charge is 0.480 e.